The molecule has 0 unspecified atom stereocenters. The fraction of sp³-hybridized carbons (Fsp3) is 0.214. The van der Waals surface area contributed by atoms with E-state index >= 15 is 0 Å². The van der Waals surface area contributed by atoms with Crippen molar-refractivity contribution in [2.24, 2.45) is 0 Å². The molecular weight excluding hydrogens is 306 g/mol. The van der Waals surface area contributed by atoms with Crippen LogP contribution < -0.4 is 14.2 Å². The number of rotatable bonds is 5. The Bertz CT molecular complexity index is 712. The number of methoxy groups -OCH3 is 3. The van der Waals surface area contributed by atoms with Gasteiger partial charge in [-0.15, -0.1) is 15.0 Å². The van der Waals surface area contributed by atoms with E-state index in [0.717, 1.165) is 0 Å². The molecule has 2 rings (SSSR count). The second kappa shape index (κ2) is 7.16. The van der Waals surface area contributed by atoms with E-state index in [9.17, 15) is 9.59 Å². The van der Waals surface area contributed by atoms with Crippen LogP contribution in [-0.4, -0.2) is 48.2 Å². The van der Waals surface area contributed by atoms with Crippen LogP contribution in [0.4, 0.5) is 0 Å². The lowest BCUT2D eigenvalue weighted by Crippen LogP contribution is -2.16. The van der Waals surface area contributed by atoms with Gasteiger partial charge in [0.05, 0.1) is 32.5 Å². The zero-order chi connectivity index (χ0) is 16.8. The largest absolute Gasteiger partial charge is 0.467 e. The van der Waals surface area contributed by atoms with Crippen LogP contribution >= 0.6 is 0 Å². The summed E-state index contributed by atoms with van der Waals surface area (Å²) >= 11 is 0. The van der Waals surface area contributed by atoms with Gasteiger partial charge in [0, 0.05) is 0 Å². The Morgan fingerprint density at radius 1 is 0.783 bits per heavy atom. The summed E-state index contributed by atoms with van der Waals surface area (Å²) in [6.07, 6.45) is 0. The molecule has 0 radical (unpaired) electrons. The molecule has 1 aromatic carbocycles. The minimum Gasteiger partial charge on any atom is -0.467 e. The molecule has 0 amide bonds. The van der Waals surface area contributed by atoms with Gasteiger partial charge in [0.25, 0.3) is 0 Å². The molecule has 0 spiro atoms. The first-order chi connectivity index (χ1) is 11.1. The molecule has 1 aromatic heterocycles. The molecule has 23 heavy (non-hydrogen) atoms. The number of ether oxygens (including phenoxy) is 4. The van der Waals surface area contributed by atoms with E-state index < -0.39 is 11.9 Å². The summed E-state index contributed by atoms with van der Waals surface area (Å²) in [6, 6.07) is 5.55. The van der Waals surface area contributed by atoms with Gasteiger partial charge >= 0.3 is 30.0 Å². The smallest absolute Gasteiger partial charge is 0.346 e. The van der Waals surface area contributed by atoms with Crippen molar-refractivity contribution in [2.75, 3.05) is 21.3 Å². The van der Waals surface area contributed by atoms with Crippen LogP contribution in [0.2, 0.25) is 0 Å². The highest BCUT2D eigenvalue weighted by Gasteiger charge is 2.20. The third kappa shape index (κ3) is 3.70. The number of aromatic nitrogens is 3. The van der Waals surface area contributed by atoms with Gasteiger partial charge in [0.15, 0.2) is 0 Å². The first kappa shape index (κ1) is 16.1. The van der Waals surface area contributed by atoms with E-state index in [1.807, 2.05) is 0 Å². The van der Waals surface area contributed by atoms with Crippen LogP contribution in [0.25, 0.3) is 0 Å². The first-order valence-electron chi connectivity index (χ1n) is 6.32. The molecule has 120 valence electrons. The standard InChI is InChI=1S/C14H13N3O6/c1-20-10(18)8-6-4-5-7-9(8)11(19)23-14-16-12(21-2)15-13(17-14)22-3/h4-7H,1-3H3. The van der Waals surface area contributed by atoms with Crippen molar-refractivity contribution in [3.05, 3.63) is 35.4 Å². The Labute approximate surface area is 131 Å². The molecule has 0 fully saturated rings. The quantitative estimate of drug-likeness (QED) is 0.742. The van der Waals surface area contributed by atoms with Crippen LogP contribution in [0.3, 0.4) is 0 Å². The molecule has 9 nitrogen and oxygen atoms in total. The van der Waals surface area contributed by atoms with Crippen molar-refractivity contribution in [1.29, 1.82) is 0 Å². The minimum atomic E-state index is -0.832. The maximum absolute atomic E-state index is 12.2. The van der Waals surface area contributed by atoms with Gasteiger partial charge in [0.2, 0.25) is 0 Å². The van der Waals surface area contributed by atoms with E-state index in [1.54, 1.807) is 12.1 Å². The van der Waals surface area contributed by atoms with Crippen LogP contribution in [0, 0.1) is 0 Å². The molecule has 0 bridgehead atoms. The number of hydrogen-bond donors (Lipinski definition) is 0. The van der Waals surface area contributed by atoms with E-state index in [4.69, 9.17) is 14.2 Å². The van der Waals surface area contributed by atoms with Crippen LogP contribution in [-0.2, 0) is 4.74 Å². The molecule has 9 heteroatoms. The maximum atomic E-state index is 12.2. The minimum absolute atomic E-state index is 0.0118. The predicted molar refractivity (Wildman–Crippen MR) is 75.7 cm³/mol. The Morgan fingerprint density at radius 2 is 1.26 bits per heavy atom. The predicted octanol–water partition coefficient (Wildman–Crippen LogP) is 0.895. The molecule has 0 aliphatic rings. The second-order valence-corrected chi connectivity index (χ2v) is 4.02. The number of benzene rings is 1. The van der Waals surface area contributed by atoms with Gasteiger partial charge in [-0.2, -0.15) is 0 Å². The molecule has 0 atom stereocenters. The highest BCUT2D eigenvalue weighted by atomic mass is 16.6. The Hall–Kier alpha value is -3.23. The van der Waals surface area contributed by atoms with Crippen molar-refractivity contribution < 1.29 is 28.5 Å². The highest BCUT2D eigenvalue weighted by molar-refractivity contribution is 6.03. The van der Waals surface area contributed by atoms with Gasteiger partial charge < -0.3 is 18.9 Å². The van der Waals surface area contributed by atoms with Gasteiger partial charge in [-0.1, -0.05) is 12.1 Å². The van der Waals surface area contributed by atoms with Crippen molar-refractivity contribution in [2.45, 2.75) is 0 Å². The average molecular weight is 319 g/mol. The van der Waals surface area contributed by atoms with E-state index in [0.29, 0.717) is 0 Å². The molecule has 0 saturated heterocycles. The van der Waals surface area contributed by atoms with E-state index in [2.05, 4.69) is 19.7 Å². The van der Waals surface area contributed by atoms with Crippen LogP contribution in [0.5, 0.6) is 18.0 Å². The molecule has 0 aliphatic carbocycles. The lowest BCUT2D eigenvalue weighted by atomic mass is 10.1. The van der Waals surface area contributed by atoms with Gasteiger partial charge in [-0.05, 0) is 12.1 Å². The Morgan fingerprint density at radius 3 is 1.74 bits per heavy atom. The monoisotopic (exact) mass is 319 g/mol. The molecule has 0 N–H and O–H groups in total. The van der Waals surface area contributed by atoms with Gasteiger partial charge in [-0.3, -0.25) is 0 Å². The first-order valence-corrected chi connectivity index (χ1v) is 6.32. The molecule has 0 aliphatic heterocycles. The Balaban J connectivity index is 2.31. The highest BCUT2D eigenvalue weighted by Crippen LogP contribution is 2.17. The van der Waals surface area contributed by atoms with Crippen LogP contribution in [0.1, 0.15) is 20.7 Å². The fourth-order valence-electron chi connectivity index (χ4n) is 1.64. The topological polar surface area (TPSA) is 110 Å². The van der Waals surface area contributed by atoms with Crippen LogP contribution in [0.15, 0.2) is 24.3 Å². The lowest BCUT2D eigenvalue weighted by Gasteiger charge is -2.08. The van der Waals surface area contributed by atoms with Crippen molar-refractivity contribution >= 4 is 11.9 Å². The summed E-state index contributed by atoms with van der Waals surface area (Å²) in [5, 5.41) is 0. The van der Waals surface area contributed by atoms with E-state index in [-0.39, 0.29) is 29.2 Å². The summed E-state index contributed by atoms with van der Waals surface area (Å²) in [6.45, 7) is 0. The zero-order valence-corrected chi connectivity index (χ0v) is 12.6. The third-order valence-corrected chi connectivity index (χ3v) is 2.68. The zero-order valence-electron chi connectivity index (χ0n) is 12.6. The number of carbonyl (C=O) groups is 2. The number of nitrogens with zero attached hydrogens (tertiary/aromatic N) is 3. The van der Waals surface area contributed by atoms with Gasteiger partial charge in [0.1, 0.15) is 0 Å². The summed E-state index contributed by atoms with van der Waals surface area (Å²) in [7, 11) is 3.89. The maximum Gasteiger partial charge on any atom is 0.346 e. The van der Waals surface area contributed by atoms with Crippen molar-refractivity contribution in [3.8, 4) is 18.0 Å². The fourth-order valence-corrected chi connectivity index (χ4v) is 1.64. The number of carbonyl (C=O) groups excluding carboxylic acids is 2. The third-order valence-electron chi connectivity index (χ3n) is 2.68. The summed E-state index contributed by atoms with van der Waals surface area (Å²) in [4.78, 5) is 35.3. The summed E-state index contributed by atoms with van der Waals surface area (Å²) in [5.41, 5.74) is 0.0747. The molecule has 1 heterocycles. The van der Waals surface area contributed by atoms with Crippen molar-refractivity contribution in [1.82, 2.24) is 15.0 Å². The molecule has 0 saturated carbocycles. The van der Waals surface area contributed by atoms with Gasteiger partial charge in [-0.25, -0.2) is 9.59 Å². The molecule has 2 aromatic rings. The molecular formula is C14H13N3O6. The van der Waals surface area contributed by atoms with Crippen molar-refractivity contribution in [3.63, 3.8) is 0 Å². The second-order valence-electron chi connectivity index (χ2n) is 4.02. The summed E-state index contributed by atoms with van der Waals surface area (Å²) in [5.74, 6) is -1.50. The summed E-state index contributed by atoms with van der Waals surface area (Å²) < 4.78 is 19.4. The number of hydrogen-bond acceptors (Lipinski definition) is 9. The normalized spacial score (nSPS) is 9.87. The number of esters is 2. The SMILES string of the molecule is COC(=O)c1ccccc1C(=O)Oc1nc(OC)nc(OC)n1. The van der Waals surface area contributed by atoms with E-state index in [1.165, 1.54) is 33.5 Å². The average Bonchev–Trinajstić information content (AvgIpc) is 2.60. The lowest BCUT2D eigenvalue weighted by molar-refractivity contribution is 0.0585. The Kier molecular flexibility index (Phi) is 5.03.